The second-order valence-corrected chi connectivity index (χ2v) is 12.9. The van der Waals surface area contributed by atoms with Crippen molar-refractivity contribution >= 4 is 45.0 Å². The molecule has 2 aliphatic heterocycles. The van der Waals surface area contributed by atoms with Gasteiger partial charge in [0.2, 0.25) is 15.9 Å². The van der Waals surface area contributed by atoms with Gasteiger partial charge in [-0.2, -0.15) is 4.31 Å². The van der Waals surface area contributed by atoms with Crippen molar-refractivity contribution in [2.24, 2.45) is 11.8 Å². The molecule has 0 atom stereocenters. The fraction of sp³-hybridized carbons (Fsp3) is 0.519. The van der Waals surface area contributed by atoms with Crippen LogP contribution in [-0.2, 0) is 25.5 Å². The van der Waals surface area contributed by atoms with E-state index in [-0.39, 0.29) is 79.2 Å². The van der Waals surface area contributed by atoms with Gasteiger partial charge >= 0.3 is 5.97 Å². The van der Waals surface area contributed by atoms with Crippen LogP contribution in [0, 0.1) is 11.8 Å². The van der Waals surface area contributed by atoms with E-state index in [1.54, 1.807) is 21.9 Å². The summed E-state index contributed by atoms with van der Waals surface area (Å²) in [7, 11) is -3.79. The van der Waals surface area contributed by atoms with Crippen LogP contribution in [0.5, 0.6) is 0 Å². The number of aromatic nitrogens is 1. The Labute approximate surface area is 236 Å². The zero-order valence-electron chi connectivity index (χ0n) is 21.8. The van der Waals surface area contributed by atoms with Gasteiger partial charge in [0.15, 0.2) is 0 Å². The Hall–Kier alpha value is -2.83. The van der Waals surface area contributed by atoms with E-state index in [0.717, 1.165) is 12.5 Å². The van der Waals surface area contributed by atoms with Crippen LogP contribution in [0.2, 0.25) is 5.15 Å². The average Bonchev–Trinajstić information content (AvgIpc) is 3.38. The van der Waals surface area contributed by atoms with Crippen molar-refractivity contribution < 1.29 is 31.9 Å². The molecule has 1 amide bonds. The number of anilines is 2. The Morgan fingerprint density at radius 2 is 1.65 bits per heavy atom. The minimum absolute atomic E-state index is 0.0211. The molecule has 13 heteroatoms. The number of alkyl halides is 2. The van der Waals surface area contributed by atoms with E-state index in [0.29, 0.717) is 18.7 Å². The Balaban J connectivity index is 1.25. The number of sulfonamides is 1. The topological polar surface area (TPSA) is 111 Å². The Morgan fingerprint density at radius 1 is 1.00 bits per heavy atom. The molecule has 3 heterocycles. The van der Waals surface area contributed by atoms with Crippen molar-refractivity contribution in [1.29, 1.82) is 0 Å². The summed E-state index contributed by atoms with van der Waals surface area (Å²) in [6, 6.07) is 8.72. The van der Waals surface area contributed by atoms with Crippen LogP contribution in [-0.4, -0.2) is 67.4 Å². The highest BCUT2D eigenvalue weighted by atomic mass is 35.5. The monoisotopic (exact) mass is 596 g/mol. The molecule has 9 nitrogen and oxygen atoms in total. The largest absolute Gasteiger partial charge is 0.481 e. The summed E-state index contributed by atoms with van der Waals surface area (Å²) >= 11 is 6.15. The SMILES string of the molecule is O=C1CCCN1c1ccc(S(=O)(=O)N2CCN(c3cc(C(F)(F)[C@H]4CC[C@H](C(=O)O)CC4)cc(Cl)n3)CC2)cc1. The van der Waals surface area contributed by atoms with Gasteiger partial charge in [0.25, 0.3) is 5.92 Å². The van der Waals surface area contributed by atoms with Crippen LogP contribution in [0.25, 0.3) is 0 Å². The smallest absolute Gasteiger partial charge is 0.306 e. The number of nitrogens with zero attached hydrogens (tertiary/aromatic N) is 4. The van der Waals surface area contributed by atoms with Crippen LogP contribution in [0.15, 0.2) is 41.3 Å². The van der Waals surface area contributed by atoms with E-state index >= 15 is 8.78 Å². The molecule has 1 aromatic carbocycles. The van der Waals surface area contributed by atoms with Gasteiger partial charge in [-0.3, -0.25) is 9.59 Å². The molecule has 5 rings (SSSR count). The van der Waals surface area contributed by atoms with E-state index in [2.05, 4.69) is 4.98 Å². The van der Waals surface area contributed by atoms with Crippen molar-refractivity contribution in [2.45, 2.75) is 49.3 Å². The van der Waals surface area contributed by atoms with Gasteiger partial charge in [-0.05, 0) is 68.5 Å². The fourth-order valence-corrected chi connectivity index (χ4v) is 7.43. The van der Waals surface area contributed by atoms with Crippen LogP contribution in [0.1, 0.15) is 44.1 Å². The molecule has 0 radical (unpaired) electrons. The number of amides is 1. The quantitative estimate of drug-likeness (QED) is 0.473. The lowest BCUT2D eigenvalue weighted by atomic mass is 9.77. The molecule has 2 aromatic rings. The molecule has 1 saturated carbocycles. The molecule has 2 saturated heterocycles. The van der Waals surface area contributed by atoms with Gasteiger partial charge in [-0.15, -0.1) is 0 Å². The average molecular weight is 597 g/mol. The molecular weight excluding hydrogens is 566 g/mol. The number of carbonyl (C=O) groups is 2. The van der Waals surface area contributed by atoms with Crippen LogP contribution in [0.3, 0.4) is 0 Å². The number of pyridine rings is 1. The third kappa shape index (κ3) is 5.66. The van der Waals surface area contributed by atoms with E-state index in [9.17, 15) is 23.1 Å². The van der Waals surface area contributed by atoms with Crippen LogP contribution >= 0.6 is 11.6 Å². The maximum absolute atomic E-state index is 15.5. The lowest BCUT2D eigenvalue weighted by Gasteiger charge is -2.36. The van der Waals surface area contributed by atoms with Crippen molar-refractivity contribution in [3.8, 4) is 0 Å². The molecule has 0 bridgehead atoms. The highest BCUT2D eigenvalue weighted by Crippen LogP contribution is 2.46. The van der Waals surface area contributed by atoms with Gasteiger partial charge in [0, 0.05) is 56.3 Å². The Bertz CT molecular complexity index is 1380. The Morgan fingerprint density at radius 3 is 2.23 bits per heavy atom. The summed E-state index contributed by atoms with van der Waals surface area (Å²) in [5.41, 5.74) is 0.397. The summed E-state index contributed by atoms with van der Waals surface area (Å²) in [5.74, 6) is -5.48. The van der Waals surface area contributed by atoms with Gasteiger partial charge in [0.1, 0.15) is 11.0 Å². The van der Waals surface area contributed by atoms with Gasteiger partial charge in [-0.25, -0.2) is 22.2 Å². The Kier molecular flexibility index (Phi) is 8.04. The molecular formula is C27H31ClF2N4O5S. The van der Waals surface area contributed by atoms with Gasteiger partial charge < -0.3 is 14.9 Å². The second-order valence-electron chi connectivity index (χ2n) is 10.6. The minimum Gasteiger partial charge on any atom is -0.481 e. The zero-order valence-corrected chi connectivity index (χ0v) is 23.4. The summed E-state index contributed by atoms with van der Waals surface area (Å²) in [6.07, 6.45) is 1.88. The predicted octanol–water partition coefficient (Wildman–Crippen LogP) is 4.36. The number of piperazine rings is 1. The number of hydrogen-bond donors (Lipinski definition) is 1. The number of carbonyl (C=O) groups excluding carboxylic acids is 1. The highest BCUT2D eigenvalue weighted by Gasteiger charge is 2.44. The molecule has 40 heavy (non-hydrogen) atoms. The zero-order chi connectivity index (χ0) is 28.7. The maximum atomic E-state index is 15.5. The van der Waals surface area contributed by atoms with Crippen LogP contribution < -0.4 is 9.80 Å². The number of carboxylic acid groups (broad SMARTS) is 1. The van der Waals surface area contributed by atoms with E-state index < -0.39 is 33.8 Å². The van der Waals surface area contributed by atoms with Crippen molar-refractivity contribution in [3.63, 3.8) is 0 Å². The standard InChI is InChI=1S/C27H31ClF2N4O5S/c28-23-16-20(27(29,30)19-5-3-18(4-6-19)26(36)37)17-24(31-23)32-12-14-33(15-13-32)40(38,39)22-9-7-21(8-10-22)34-11-1-2-25(34)35/h7-10,16-19H,1-6,11-15H2,(H,36,37)/t18-,19-. The first-order valence-corrected chi connectivity index (χ1v) is 15.2. The number of benzene rings is 1. The first-order chi connectivity index (χ1) is 19.0. The summed E-state index contributed by atoms with van der Waals surface area (Å²) in [5, 5.41) is 9.10. The minimum atomic E-state index is -3.79. The number of carboxylic acids is 1. The molecule has 0 unspecified atom stereocenters. The van der Waals surface area contributed by atoms with Gasteiger partial charge in [0.05, 0.1) is 10.8 Å². The van der Waals surface area contributed by atoms with E-state index in [1.165, 1.54) is 22.5 Å². The van der Waals surface area contributed by atoms with Crippen molar-refractivity contribution in [2.75, 3.05) is 42.5 Å². The maximum Gasteiger partial charge on any atom is 0.306 e. The van der Waals surface area contributed by atoms with Gasteiger partial charge in [-0.1, -0.05) is 11.6 Å². The summed E-state index contributed by atoms with van der Waals surface area (Å²) < 4.78 is 58.9. The number of rotatable bonds is 7. The number of halogens is 3. The lowest BCUT2D eigenvalue weighted by molar-refractivity contribution is -0.145. The van der Waals surface area contributed by atoms with Crippen molar-refractivity contribution in [3.05, 3.63) is 47.1 Å². The molecule has 0 spiro atoms. The van der Waals surface area contributed by atoms with Crippen molar-refractivity contribution in [1.82, 2.24) is 9.29 Å². The first kappa shape index (κ1) is 28.7. The van der Waals surface area contributed by atoms with E-state index in [4.69, 9.17) is 11.6 Å². The normalized spacial score (nSPS) is 23.0. The second kappa shape index (κ2) is 11.2. The predicted molar refractivity (Wildman–Crippen MR) is 145 cm³/mol. The molecule has 216 valence electrons. The van der Waals surface area contributed by atoms with Crippen LogP contribution in [0.4, 0.5) is 20.3 Å². The first-order valence-electron chi connectivity index (χ1n) is 13.4. The molecule has 3 fully saturated rings. The lowest BCUT2D eigenvalue weighted by Crippen LogP contribution is -2.49. The number of aliphatic carboxylic acids is 1. The number of hydrogen-bond acceptors (Lipinski definition) is 6. The molecule has 1 aliphatic carbocycles. The molecule has 3 aliphatic rings. The molecule has 1 aromatic heterocycles. The van der Waals surface area contributed by atoms with E-state index in [1.807, 2.05) is 0 Å². The molecule has 1 N–H and O–H groups in total. The third-order valence-corrected chi connectivity index (χ3v) is 10.3. The third-order valence-electron chi connectivity index (χ3n) is 8.18. The highest BCUT2D eigenvalue weighted by molar-refractivity contribution is 7.89. The summed E-state index contributed by atoms with van der Waals surface area (Å²) in [6.45, 7) is 1.36. The summed E-state index contributed by atoms with van der Waals surface area (Å²) in [4.78, 5) is 30.9. The fourth-order valence-electron chi connectivity index (χ4n) is 5.80.